The van der Waals surface area contributed by atoms with Gasteiger partial charge in [-0.3, -0.25) is 14.4 Å². The van der Waals surface area contributed by atoms with Crippen molar-refractivity contribution in [3.63, 3.8) is 0 Å². The number of hydrogen-bond donors (Lipinski definition) is 1. The highest BCUT2D eigenvalue weighted by Crippen LogP contribution is 2.76. The lowest BCUT2D eigenvalue weighted by molar-refractivity contribution is -0.326. The molecule has 0 spiro atoms. The Hall–Kier alpha value is -2.50. The van der Waals surface area contributed by atoms with Crippen LogP contribution in [0.2, 0.25) is 0 Å². The number of fused-ring (bicyclic) bond motifs is 7. The van der Waals surface area contributed by atoms with Gasteiger partial charge in [-0.15, -0.1) is 0 Å². The highest BCUT2D eigenvalue weighted by Gasteiger charge is 2.69. The fraction of sp³-hybridized carbons (Fsp3) is 0.857. The van der Waals surface area contributed by atoms with Gasteiger partial charge in [0.1, 0.15) is 6.10 Å². The van der Waals surface area contributed by atoms with Gasteiger partial charge in [0.25, 0.3) is 0 Å². The molecule has 1 heterocycles. The van der Waals surface area contributed by atoms with E-state index in [0.717, 1.165) is 64.7 Å². The van der Waals surface area contributed by atoms with Gasteiger partial charge in [0.05, 0.1) is 25.7 Å². The van der Waals surface area contributed by atoms with Gasteiger partial charge in [0, 0.05) is 13.8 Å². The first-order valence-electron chi connectivity index (χ1n) is 19.8. The van der Waals surface area contributed by atoms with Crippen molar-refractivity contribution in [2.24, 2.45) is 50.2 Å². The summed E-state index contributed by atoms with van der Waals surface area (Å²) in [6.07, 6.45) is 4.90. The van der Waals surface area contributed by atoms with Crippen LogP contribution in [0.5, 0.6) is 0 Å². The number of carbonyl (C=O) groups excluding carboxylic acids is 4. The van der Waals surface area contributed by atoms with Crippen LogP contribution >= 0.6 is 0 Å². The van der Waals surface area contributed by atoms with E-state index < -0.39 is 54.0 Å². The maximum atomic E-state index is 13.1. The second-order valence-electron chi connectivity index (χ2n) is 19.3. The molecule has 0 unspecified atom stereocenters. The fourth-order valence-electron chi connectivity index (χ4n) is 13.1. The average Bonchev–Trinajstić information content (AvgIpc) is 3.08. The summed E-state index contributed by atoms with van der Waals surface area (Å²) in [6.45, 7) is 19.0. The second kappa shape index (κ2) is 13.6. The summed E-state index contributed by atoms with van der Waals surface area (Å²) in [5, 5.41) is 11.5. The highest BCUT2D eigenvalue weighted by molar-refractivity contribution is 5.77. The molecule has 0 aromatic rings. The molecule has 4 saturated carbocycles. The van der Waals surface area contributed by atoms with Crippen LogP contribution in [-0.4, -0.2) is 80.0 Å². The third kappa shape index (κ3) is 6.17. The van der Waals surface area contributed by atoms with Gasteiger partial charge >= 0.3 is 23.9 Å². The Morgan fingerprint density at radius 3 is 2.06 bits per heavy atom. The van der Waals surface area contributed by atoms with Gasteiger partial charge < -0.3 is 33.5 Å². The third-order valence-electron chi connectivity index (χ3n) is 16.3. The largest absolute Gasteiger partial charge is 0.469 e. The van der Waals surface area contributed by atoms with Gasteiger partial charge in [-0.25, -0.2) is 4.79 Å². The quantitative estimate of drug-likeness (QED) is 0.138. The maximum absolute atomic E-state index is 13.1. The van der Waals surface area contributed by atoms with Crippen molar-refractivity contribution >= 4 is 23.9 Å². The van der Waals surface area contributed by atoms with Crippen LogP contribution in [0.15, 0.2) is 11.6 Å². The van der Waals surface area contributed by atoms with E-state index in [2.05, 4.69) is 54.5 Å². The SMILES string of the molecule is COC(=O)[C@H]1O[C@H](O[C@H]2CC[C@]3(C)[C@H]4CC=C5[C@@H]6C[C@@](C)(C(=O)OC)CC[C@]6(C)CC[C@@]5(C)[C@]4(C)CC[C@H]3C2(C)C)[C@H](O)[C@@H](OC(C)=O)[C@@H]1OC(C)=O. The molecule has 6 aliphatic rings. The molecule has 5 aliphatic carbocycles. The topological polar surface area (TPSA) is 144 Å². The first kappa shape index (κ1) is 40.2. The molecule has 0 bridgehead atoms. The van der Waals surface area contributed by atoms with Gasteiger partial charge in [0.2, 0.25) is 0 Å². The van der Waals surface area contributed by atoms with Crippen molar-refractivity contribution in [2.45, 2.75) is 163 Å². The summed E-state index contributed by atoms with van der Waals surface area (Å²) in [6, 6.07) is 0. The van der Waals surface area contributed by atoms with E-state index in [1.807, 2.05) is 0 Å². The molecule has 0 amide bonds. The number of esters is 4. The Morgan fingerprint density at radius 1 is 0.792 bits per heavy atom. The van der Waals surface area contributed by atoms with E-state index in [-0.39, 0.29) is 39.1 Å². The summed E-state index contributed by atoms with van der Waals surface area (Å²) >= 11 is 0. The summed E-state index contributed by atoms with van der Waals surface area (Å²) < 4.78 is 33.8. The zero-order chi connectivity index (χ0) is 39.1. The molecule has 298 valence electrons. The van der Waals surface area contributed by atoms with Gasteiger partial charge in [0.15, 0.2) is 24.6 Å². The molecule has 1 aliphatic heterocycles. The molecule has 53 heavy (non-hydrogen) atoms. The zero-order valence-electron chi connectivity index (χ0n) is 33.9. The van der Waals surface area contributed by atoms with E-state index in [1.165, 1.54) is 21.1 Å². The van der Waals surface area contributed by atoms with Crippen molar-refractivity contribution in [2.75, 3.05) is 14.2 Å². The smallest absolute Gasteiger partial charge is 0.339 e. The molecule has 14 atom stereocenters. The molecular weight excluding hydrogens is 680 g/mol. The summed E-state index contributed by atoms with van der Waals surface area (Å²) in [4.78, 5) is 50.1. The minimum absolute atomic E-state index is 0.0105. The lowest BCUT2D eigenvalue weighted by Crippen LogP contribution is -2.66. The molecule has 0 aromatic carbocycles. The van der Waals surface area contributed by atoms with Crippen molar-refractivity contribution < 1.29 is 52.7 Å². The van der Waals surface area contributed by atoms with Crippen molar-refractivity contribution in [3.8, 4) is 0 Å². The van der Waals surface area contributed by atoms with Crippen LogP contribution in [0.4, 0.5) is 0 Å². The van der Waals surface area contributed by atoms with Crippen molar-refractivity contribution in [1.29, 1.82) is 0 Å². The van der Waals surface area contributed by atoms with E-state index in [1.54, 1.807) is 5.57 Å². The van der Waals surface area contributed by atoms with Crippen LogP contribution in [0, 0.1) is 50.2 Å². The molecule has 0 radical (unpaired) electrons. The molecule has 11 nitrogen and oxygen atoms in total. The number of hydrogen-bond acceptors (Lipinski definition) is 11. The first-order valence-corrected chi connectivity index (χ1v) is 19.8. The highest BCUT2D eigenvalue weighted by atomic mass is 16.7. The Morgan fingerprint density at radius 2 is 1.43 bits per heavy atom. The average molecular weight is 745 g/mol. The summed E-state index contributed by atoms with van der Waals surface area (Å²) in [5.41, 5.74) is 1.06. The van der Waals surface area contributed by atoms with E-state index in [0.29, 0.717) is 24.2 Å². The zero-order valence-corrected chi connectivity index (χ0v) is 33.9. The number of allylic oxidation sites excluding steroid dienone is 2. The lowest BCUT2D eigenvalue weighted by Gasteiger charge is -2.71. The number of aliphatic hydroxyl groups is 1. The standard InChI is InChI=1S/C42H64O11/c1-23(43)50-31-30(45)35(53-33(34(46)48-10)32(31)51-24(2)44)52-29-15-16-40(7)27(37(29,3)4)14-17-42(9)28(40)13-12-25-26-22-39(6,36(47)49-11)19-18-38(26,5)20-21-41(25,42)8/h12,26-33,35,45H,13-22H2,1-11H3/t26-,27-,28+,29-,30+,31+,32-,33-,35-,38+,39-,40-,41+,42+/m0/s1. The third-order valence-corrected chi connectivity index (χ3v) is 16.3. The van der Waals surface area contributed by atoms with Crippen LogP contribution in [0.25, 0.3) is 0 Å². The lowest BCUT2D eigenvalue weighted by atomic mass is 9.33. The number of aliphatic hydroxyl groups excluding tert-OH is 1. The molecule has 0 aromatic heterocycles. The van der Waals surface area contributed by atoms with Gasteiger partial charge in [-0.05, 0) is 116 Å². The summed E-state index contributed by atoms with van der Waals surface area (Å²) in [7, 11) is 2.70. The normalized spacial score (nSPS) is 47.2. The predicted molar refractivity (Wildman–Crippen MR) is 194 cm³/mol. The molecule has 6 rings (SSSR count). The Balaban J connectivity index is 1.27. The molecular formula is C42H64O11. The minimum Gasteiger partial charge on any atom is -0.469 e. The Labute approximate surface area is 315 Å². The molecule has 1 N–H and O–H groups in total. The van der Waals surface area contributed by atoms with E-state index >= 15 is 0 Å². The Kier molecular flexibility index (Phi) is 10.3. The minimum atomic E-state index is -1.53. The number of methoxy groups -OCH3 is 2. The van der Waals surface area contributed by atoms with Crippen molar-refractivity contribution in [1.82, 2.24) is 0 Å². The van der Waals surface area contributed by atoms with Gasteiger partial charge in [-0.2, -0.15) is 0 Å². The first-order chi connectivity index (χ1) is 24.6. The Bertz CT molecular complexity index is 1520. The predicted octanol–water partition coefficient (Wildman–Crippen LogP) is 6.47. The number of ether oxygens (including phenoxy) is 6. The molecule has 1 saturated heterocycles. The molecule has 5 fully saturated rings. The van der Waals surface area contributed by atoms with Crippen LogP contribution in [0.3, 0.4) is 0 Å². The van der Waals surface area contributed by atoms with Crippen LogP contribution in [-0.2, 0) is 47.6 Å². The number of rotatable bonds is 6. The monoisotopic (exact) mass is 744 g/mol. The van der Waals surface area contributed by atoms with Crippen molar-refractivity contribution in [3.05, 3.63) is 11.6 Å². The fourth-order valence-corrected chi connectivity index (χ4v) is 13.1. The van der Waals surface area contributed by atoms with Crippen LogP contribution in [0.1, 0.15) is 127 Å². The van der Waals surface area contributed by atoms with E-state index in [4.69, 9.17) is 28.4 Å². The van der Waals surface area contributed by atoms with Gasteiger partial charge in [-0.1, -0.05) is 53.2 Å². The summed E-state index contributed by atoms with van der Waals surface area (Å²) in [5.74, 6) is -1.26. The number of carbonyl (C=O) groups is 4. The second-order valence-corrected chi connectivity index (χ2v) is 19.3. The van der Waals surface area contributed by atoms with Crippen LogP contribution < -0.4 is 0 Å². The van der Waals surface area contributed by atoms with E-state index in [9.17, 15) is 24.3 Å². The molecule has 11 heteroatoms. The maximum Gasteiger partial charge on any atom is 0.339 e.